The molecule has 0 unspecified atom stereocenters. The quantitative estimate of drug-likeness (QED) is 0.639. The molecule has 0 bridgehead atoms. The molecule has 1 aliphatic heterocycles. The summed E-state index contributed by atoms with van der Waals surface area (Å²) in [7, 11) is 0. The zero-order valence-electron chi connectivity index (χ0n) is 14.0. The molecule has 0 aliphatic carbocycles. The SMILES string of the molecule is C=CC(=O)N1CN(C(=O)C=C)CN(C(=O)CCN(CC)CC)C1. The first-order chi connectivity index (χ1) is 11.0. The first-order valence-electron chi connectivity index (χ1n) is 7.79. The lowest BCUT2D eigenvalue weighted by atomic mass is 10.3. The molecule has 1 aliphatic rings. The minimum atomic E-state index is -0.312. The van der Waals surface area contributed by atoms with Gasteiger partial charge in [-0.1, -0.05) is 27.0 Å². The van der Waals surface area contributed by atoms with Gasteiger partial charge in [-0.05, 0) is 25.2 Å². The highest BCUT2D eigenvalue weighted by Gasteiger charge is 2.30. The second-order valence-corrected chi connectivity index (χ2v) is 5.30. The summed E-state index contributed by atoms with van der Waals surface area (Å²) >= 11 is 0. The smallest absolute Gasteiger partial charge is 0.248 e. The predicted octanol–water partition coefficient (Wildman–Crippen LogP) is 0.462. The second-order valence-electron chi connectivity index (χ2n) is 5.30. The lowest BCUT2D eigenvalue weighted by Crippen LogP contribution is -2.59. The summed E-state index contributed by atoms with van der Waals surface area (Å²) in [6.45, 7) is 13.9. The van der Waals surface area contributed by atoms with Crippen molar-refractivity contribution in [2.75, 3.05) is 39.6 Å². The van der Waals surface area contributed by atoms with Crippen LogP contribution in [0.5, 0.6) is 0 Å². The summed E-state index contributed by atoms with van der Waals surface area (Å²) in [5, 5.41) is 0. The van der Waals surface area contributed by atoms with Crippen LogP contribution in [0.1, 0.15) is 20.3 Å². The van der Waals surface area contributed by atoms with Crippen molar-refractivity contribution in [3.8, 4) is 0 Å². The summed E-state index contributed by atoms with van der Waals surface area (Å²) in [4.78, 5) is 42.6. The van der Waals surface area contributed by atoms with Crippen molar-refractivity contribution in [1.82, 2.24) is 19.6 Å². The van der Waals surface area contributed by atoms with Gasteiger partial charge < -0.3 is 19.6 Å². The maximum Gasteiger partial charge on any atom is 0.248 e. The fourth-order valence-electron chi connectivity index (χ4n) is 2.40. The third-order valence-corrected chi connectivity index (χ3v) is 3.89. The Kier molecular flexibility index (Phi) is 7.47. The van der Waals surface area contributed by atoms with Crippen molar-refractivity contribution in [3.05, 3.63) is 25.3 Å². The van der Waals surface area contributed by atoms with E-state index in [-0.39, 0.29) is 37.7 Å². The van der Waals surface area contributed by atoms with E-state index in [1.54, 1.807) is 0 Å². The van der Waals surface area contributed by atoms with E-state index in [1.165, 1.54) is 26.9 Å². The summed E-state index contributed by atoms with van der Waals surface area (Å²) in [6, 6.07) is 0. The van der Waals surface area contributed by atoms with E-state index >= 15 is 0 Å². The number of rotatable bonds is 7. The Morgan fingerprint density at radius 1 is 0.913 bits per heavy atom. The maximum atomic E-state index is 12.4. The van der Waals surface area contributed by atoms with E-state index in [4.69, 9.17) is 0 Å². The largest absolute Gasteiger partial charge is 0.307 e. The van der Waals surface area contributed by atoms with Crippen LogP contribution in [0.4, 0.5) is 0 Å². The Morgan fingerprint density at radius 2 is 1.35 bits per heavy atom. The molecule has 3 amide bonds. The maximum absolute atomic E-state index is 12.4. The molecular formula is C16H26N4O3. The third-order valence-electron chi connectivity index (χ3n) is 3.89. The molecule has 7 nitrogen and oxygen atoms in total. The Bertz CT molecular complexity index is 446. The molecule has 0 saturated carbocycles. The molecule has 0 aromatic carbocycles. The molecule has 23 heavy (non-hydrogen) atoms. The minimum absolute atomic E-state index is 0.0830. The van der Waals surface area contributed by atoms with Gasteiger partial charge in [0.1, 0.15) is 0 Å². The van der Waals surface area contributed by atoms with E-state index in [0.717, 1.165) is 13.1 Å². The lowest BCUT2D eigenvalue weighted by molar-refractivity contribution is -0.154. The van der Waals surface area contributed by atoms with Crippen LogP contribution in [-0.4, -0.2) is 77.0 Å². The van der Waals surface area contributed by atoms with Crippen LogP contribution in [0.25, 0.3) is 0 Å². The van der Waals surface area contributed by atoms with E-state index in [0.29, 0.717) is 13.0 Å². The number of carbonyl (C=O) groups is 3. The summed E-state index contributed by atoms with van der Waals surface area (Å²) in [5.41, 5.74) is 0. The summed E-state index contributed by atoms with van der Waals surface area (Å²) in [5.74, 6) is -0.707. The zero-order chi connectivity index (χ0) is 17.4. The molecule has 0 spiro atoms. The van der Waals surface area contributed by atoms with Crippen molar-refractivity contribution in [1.29, 1.82) is 0 Å². The van der Waals surface area contributed by atoms with Gasteiger partial charge in [0.25, 0.3) is 0 Å². The molecule has 7 heteroatoms. The highest BCUT2D eigenvalue weighted by Crippen LogP contribution is 2.11. The average molecular weight is 322 g/mol. The molecule has 1 saturated heterocycles. The molecule has 1 rings (SSSR count). The number of carbonyl (C=O) groups excluding carboxylic acids is 3. The second kappa shape index (κ2) is 9.09. The molecule has 0 radical (unpaired) electrons. The van der Waals surface area contributed by atoms with E-state index < -0.39 is 0 Å². The van der Waals surface area contributed by atoms with Crippen LogP contribution in [0, 0.1) is 0 Å². The van der Waals surface area contributed by atoms with Crippen molar-refractivity contribution < 1.29 is 14.4 Å². The van der Waals surface area contributed by atoms with Crippen molar-refractivity contribution in [2.24, 2.45) is 0 Å². The van der Waals surface area contributed by atoms with Gasteiger partial charge in [0.05, 0.1) is 20.0 Å². The van der Waals surface area contributed by atoms with Crippen LogP contribution in [0.15, 0.2) is 25.3 Å². The fourth-order valence-corrected chi connectivity index (χ4v) is 2.40. The molecule has 1 heterocycles. The summed E-state index contributed by atoms with van der Waals surface area (Å²) in [6.07, 6.45) is 2.72. The average Bonchev–Trinajstić information content (AvgIpc) is 2.60. The standard InChI is InChI=1S/C16H26N4O3/c1-5-14(21)18-11-19(15(22)6-2)13-20(12-18)16(23)9-10-17(7-3)8-4/h5-6H,1-2,7-13H2,3-4H3. The van der Waals surface area contributed by atoms with Crippen LogP contribution < -0.4 is 0 Å². The van der Waals surface area contributed by atoms with Gasteiger partial charge in [0.2, 0.25) is 17.7 Å². The number of hydrogen-bond donors (Lipinski definition) is 0. The molecule has 128 valence electrons. The van der Waals surface area contributed by atoms with Crippen molar-refractivity contribution in [2.45, 2.75) is 20.3 Å². The monoisotopic (exact) mass is 322 g/mol. The van der Waals surface area contributed by atoms with Crippen molar-refractivity contribution >= 4 is 17.7 Å². The first-order valence-corrected chi connectivity index (χ1v) is 7.79. The molecule has 0 N–H and O–H groups in total. The Labute approximate surface area is 137 Å². The zero-order valence-corrected chi connectivity index (χ0v) is 14.0. The number of hydrogen-bond acceptors (Lipinski definition) is 4. The van der Waals surface area contributed by atoms with Crippen LogP contribution in [-0.2, 0) is 14.4 Å². The van der Waals surface area contributed by atoms with E-state index in [9.17, 15) is 14.4 Å². The highest BCUT2D eigenvalue weighted by molar-refractivity contribution is 5.90. The molecule has 0 aromatic rings. The van der Waals surface area contributed by atoms with Gasteiger partial charge >= 0.3 is 0 Å². The highest BCUT2D eigenvalue weighted by atomic mass is 16.2. The Morgan fingerprint density at radius 3 is 1.74 bits per heavy atom. The van der Waals surface area contributed by atoms with Gasteiger partial charge in [-0.15, -0.1) is 0 Å². The number of nitrogens with zero attached hydrogens (tertiary/aromatic N) is 4. The van der Waals surface area contributed by atoms with Gasteiger partial charge in [-0.25, -0.2) is 0 Å². The first kappa shape index (κ1) is 18.9. The molecular weight excluding hydrogens is 296 g/mol. The summed E-state index contributed by atoms with van der Waals surface area (Å²) < 4.78 is 0. The minimum Gasteiger partial charge on any atom is -0.307 e. The van der Waals surface area contributed by atoms with Gasteiger partial charge in [0, 0.05) is 13.0 Å². The molecule has 1 fully saturated rings. The molecule has 0 aromatic heterocycles. The number of amides is 3. The predicted molar refractivity (Wildman–Crippen MR) is 87.9 cm³/mol. The van der Waals surface area contributed by atoms with Gasteiger partial charge in [-0.2, -0.15) is 0 Å². The van der Waals surface area contributed by atoms with Gasteiger partial charge in [-0.3, -0.25) is 14.4 Å². The fraction of sp³-hybridized carbons (Fsp3) is 0.562. The van der Waals surface area contributed by atoms with Crippen LogP contribution in [0.2, 0.25) is 0 Å². The normalized spacial score (nSPS) is 14.8. The Hall–Kier alpha value is -2.15. The topological polar surface area (TPSA) is 64.2 Å². The molecule has 0 atom stereocenters. The van der Waals surface area contributed by atoms with Gasteiger partial charge in [0.15, 0.2) is 0 Å². The lowest BCUT2D eigenvalue weighted by Gasteiger charge is -2.41. The third kappa shape index (κ3) is 5.21. The van der Waals surface area contributed by atoms with E-state index in [1.807, 2.05) is 13.8 Å². The Balaban J connectivity index is 2.76. The van der Waals surface area contributed by atoms with Crippen molar-refractivity contribution in [3.63, 3.8) is 0 Å². The van der Waals surface area contributed by atoms with Crippen LogP contribution >= 0.6 is 0 Å². The van der Waals surface area contributed by atoms with E-state index in [2.05, 4.69) is 18.1 Å². The van der Waals surface area contributed by atoms with Crippen LogP contribution in [0.3, 0.4) is 0 Å².